The normalized spacial score (nSPS) is 22.6. The van der Waals surface area contributed by atoms with Crippen LogP contribution in [0.25, 0.3) is 0 Å². The predicted molar refractivity (Wildman–Crippen MR) is 144 cm³/mol. The highest BCUT2D eigenvalue weighted by Crippen LogP contribution is 2.54. The van der Waals surface area contributed by atoms with Gasteiger partial charge in [-0.1, -0.05) is 41.3 Å². The Balaban J connectivity index is 1.43. The van der Waals surface area contributed by atoms with Gasteiger partial charge in [-0.2, -0.15) is 13.2 Å². The molecule has 4 heterocycles. The highest BCUT2D eigenvalue weighted by atomic mass is 32.2. The number of likely N-dealkylation sites (tertiary alicyclic amines) is 1. The van der Waals surface area contributed by atoms with Crippen LogP contribution < -0.4 is 9.77 Å². The van der Waals surface area contributed by atoms with Crippen LogP contribution in [0.4, 0.5) is 23.2 Å². The summed E-state index contributed by atoms with van der Waals surface area (Å²) in [6, 6.07) is 9.36. The summed E-state index contributed by atoms with van der Waals surface area (Å²) in [5.41, 5.74) is -0.730. The van der Waals surface area contributed by atoms with E-state index < -0.39 is 51.3 Å². The van der Waals surface area contributed by atoms with Gasteiger partial charge in [-0.05, 0) is 55.2 Å². The molecule has 0 radical (unpaired) electrons. The van der Waals surface area contributed by atoms with Crippen molar-refractivity contribution in [3.8, 4) is 0 Å². The van der Waals surface area contributed by atoms with Gasteiger partial charge >= 0.3 is 11.0 Å². The maximum atomic E-state index is 13.8. The van der Waals surface area contributed by atoms with E-state index in [-0.39, 0.29) is 18.1 Å². The molecule has 3 aromatic rings. The van der Waals surface area contributed by atoms with Crippen molar-refractivity contribution >= 4 is 46.5 Å². The Bertz CT molecular complexity index is 1590. The first-order valence-corrected chi connectivity index (χ1v) is 14.7. The number of hydrogen-bond acceptors (Lipinski definition) is 6. The molecule has 214 valence electrons. The average molecular weight is 606 g/mol. The third-order valence-electron chi connectivity index (χ3n) is 7.71. The fraction of sp³-hybridized carbons (Fsp3) is 0.357. The third-order valence-corrected chi connectivity index (χ3v) is 10.3. The molecule has 3 aliphatic heterocycles. The number of thiazole rings is 1. The molecule has 0 saturated carbocycles. The van der Waals surface area contributed by atoms with Gasteiger partial charge in [-0.15, -0.1) is 0 Å². The summed E-state index contributed by atoms with van der Waals surface area (Å²) in [6.07, 6.45) is -1.92. The average Bonchev–Trinajstić information content (AvgIpc) is 3.39. The lowest BCUT2D eigenvalue weighted by atomic mass is 9.83. The number of anilines is 1. The molecule has 3 aliphatic rings. The topological polar surface area (TPSA) is 79.7 Å². The van der Waals surface area contributed by atoms with Crippen molar-refractivity contribution in [3.05, 3.63) is 80.0 Å². The number of piperidine rings is 1. The zero-order valence-corrected chi connectivity index (χ0v) is 23.0. The van der Waals surface area contributed by atoms with E-state index in [1.165, 1.54) is 34.9 Å². The largest absolute Gasteiger partial charge is 0.416 e. The van der Waals surface area contributed by atoms with Gasteiger partial charge in [0.05, 0.1) is 22.2 Å². The summed E-state index contributed by atoms with van der Waals surface area (Å²) in [5, 5.41) is -0.696. The fourth-order valence-electron chi connectivity index (χ4n) is 5.74. The summed E-state index contributed by atoms with van der Waals surface area (Å²) < 4.78 is 55.5. The molecule has 41 heavy (non-hydrogen) atoms. The summed E-state index contributed by atoms with van der Waals surface area (Å²) in [5.74, 6) is -4.06. The first-order chi connectivity index (χ1) is 19.5. The highest BCUT2D eigenvalue weighted by molar-refractivity contribution is 8.00. The monoisotopic (exact) mass is 605 g/mol. The molecule has 2 fully saturated rings. The molecule has 7 nitrogen and oxygen atoms in total. The van der Waals surface area contributed by atoms with Crippen molar-refractivity contribution in [2.24, 2.45) is 5.92 Å². The first-order valence-electron chi connectivity index (χ1n) is 13.0. The van der Waals surface area contributed by atoms with Crippen LogP contribution in [0.2, 0.25) is 0 Å². The number of fused-ring (bicyclic) bond motifs is 2. The van der Waals surface area contributed by atoms with Crippen LogP contribution in [0.1, 0.15) is 41.2 Å². The number of alkyl halides is 3. The van der Waals surface area contributed by atoms with E-state index in [4.69, 9.17) is 0 Å². The van der Waals surface area contributed by atoms with Crippen molar-refractivity contribution in [2.45, 2.75) is 48.2 Å². The van der Waals surface area contributed by atoms with E-state index in [0.29, 0.717) is 28.6 Å². The number of benzene rings is 2. The van der Waals surface area contributed by atoms with Gasteiger partial charge in [0.1, 0.15) is 17.6 Å². The number of rotatable bonds is 4. The molecular weight excluding hydrogens is 582 g/mol. The molecule has 3 atom stereocenters. The minimum absolute atomic E-state index is 0.205. The maximum absolute atomic E-state index is 13.8. The van der Waals surface area contributed by atoms with E-state index in [1.54, 1.807) is 4.90 Å². The summed E-state index contributed by atoms with van der Waals surface area (Å²) >= 11 is 1.84. The Labute approximate surface area is 239 Å². The number of amides is 3. The smallest absolute Gasteiger partial charge is 0.341 e. The second-order valence-corrected chi connectivity index (χ2v) is 12.3. The molecular formula is C28H23F4N3O4S2. The molecule has 1 aromatic heterocycles. The Kier molecular flexibility index (Phi) is 7.05. The van der Waals surface area contributed by atoms with Crippen LogP contribution in [-0.2, 0) is 27.1 Å². The van der Waals surface area contributed by atoms with Crippen molar-refractivity contribution in [3.63, 3.8) is 0 Å². The standard InChI is InChI=1S/C28H23F4N3O4S2/c29-17-9-7-15(8-10-17)20-21-22(25(38)35(24(21)37)18-6-4-5-16(13-18)28(30,31)32)40-26-23(20)41-27(39)34(26)14-19(36)33-11-2-1-3-12-33/h4-10,13,20-22H,1-3,11-12,14H2/t20-,21?,22?/m0/s1. The second-order valence-electron chi connectivity index (χ2n) is 10.2. The maximum Gasteiger partial charge on any atom is 0.416 e. The lowest BCUT2D eigenvalue weighted by Gasteiger charge is -2.31. The molecule has 0 aliphatic carbocycles. The highest BCUT2D eigenvalue weighted by Gasteiger charge is 2.57. The van der Waals surface area contributed by atoms with Crippen molar-refractivity contribution in [1.29, 1.82) is 0 Å². The zero-order chi connectivity index (χ0) is 29.1. The summed E-state index contributed by atoms with van der Waals surface area (Å²) in [4.78, 5) is 56.4. The third kappa shape index (κ3) is 4.88. The van der Waals surface area contributed by atoms with Gasteiger partial charge in [-0.3, -0.25) is 23.7 Å². The molecule has 0 N–H and O–H groups in total. The number of aromatic nitrogens is 1. The summed E-state index contributed by atoms with van der Waals surface area (Å²) in [7, 11) is 0. The molecule has 2 aromatic carbocycles. The Morgan fingerprint density at radius 2 is 1.66 bits per heavy atom. The van der Waals surface area contributed by atoms with E-state index in [2.05, 4.69) is 0 Å². The summed E-state index contributed by atoms with van der Waals surface area (Å²) in [6.45, 7) is 0.953. The minimum Gasteiger partial charge on any atom is -0.341 e. The van der Waals surface area contributed by atoms with Gasteiger partial charge in [0.25, 0.3) is 0 Å². The lowest BCUT2D eigenvalue weighted by Crippen LogP contribution is -2.39. The van der Waals surface area contributed by atoms with E-state index in [9.17, 15) is 36.7 Å². The number of thioether (sulfide) groups is 1. The Hall–Kier alpha value is -3.45. The molecule has 6 rings (SSSR count). The van der Waals surface area contributed by atoms with Crippen LogP contribution in [0.5, 0.6) is 0 Å². The number of nitrogens with zero attached hydrogens (tertiary/aromatic N) is 3. The van der Waals surface area contributed by atoms with Gasteiger partial charge in [0.2, 0.25) is 17.7 Å². The first kappa shape index (κ1) is 27.7. The number of halogens is 4. The van der Waals surface area contributed by atoms with Crippen LogP contribution >= 0.6 is 23.1 Å². The van der Waals surface area contributed by atoms with Crippen molar-refractivity contribution in [1.82, 2.24) is 9.47 Å². The molecule has 0 bridgehead atoms. The molecule has 13 heteroatoms. The van der Waals surface area contributed by atoms with Crippen molar-refractivity contribution in [2.75, 3.05) is 18.0 Å². The van der Waals surface area contributed by atoms with Gasteiger partial charge in [-0.25, -0.2) is 9.29 Å². The fourth-order valence-corrected chi connectivity index (χ4v) is 8.51. The Morgan fingerprint density at radius 3 is 2.34 bits per heavy atom. The van der Waals surface area contributed by atoms with Crippen LogP contribution in [0, 0.1) is 11.7 Å². The quantitative estimate of drug-likeness (QED) is 0.313. The number of carbonyl (C=O) groups excluding carboxylic acids is 3. The van der Waals surface area contributed by atoms with Gasteiger partial charge < -0.3 is 4.90 Å². The van der Waals surface area contributed by atoms with Crippen LogP contribution in [0.15, 0.2) is 58.4 Å². The van der Waals surface area contributed by atoms with Gasteiger partial charge in [0, 0.05) is 23.9 Å². The molecule has 3 amide bonds. The Morgan fingerprint density at radius 1 is 0.951 bits per heavy atom. The number of hydrogen-bond donors (Lipinski definition) is 0. The SMILES string of the molecule is O=C(Cn1c2c(sc1=O)[C@@H](c1ccc(F)cc1)C1C(=O)N(c3cccc(C(F)(F)F)c3)C(=O)C1S2)N1CCCCC1. The van der Waals surface area contributed by atoms with Crippen LogP contribution in [0.3, 0.4) is 0 Å². The minimum atomic E-state index is -4.68. The van der Waals surface area contributed by atoms with Crippen LogP contribution in [-0.4, -0.2) is 45.5 Å². The predicted octanol–water partition coefficient (Wildman–Crippen LogP) is 4.88. The van der Waals surface area contributed by atoms with E-state index in [1.807, 2.05) is 0 Å². The van der Waals surface area contributed by atoms with E-state index in [0.717, 1.165) is 65.5 Å². The van der Waals surface area contributed by atoms with Crippen molar-refractivity contribution < 1.29 is 31.9 Å². The molecule has 2 saturated heterocycles. The molecule has 2 unspecified atom stereocenters. The number of carbonyl (C=O) groups is 3. The van der Waals surface area contributed by atoms with Gasteiger partial charge in [0.15, 0.2) is 0 Å². The molecule has 0 spiro atoms. The zero-order valence-electron chi connectivity index (χ0n) is 21.4. The lowest BCUT2D eigenvalue weighted by molar-refractivity contribution is -0.137. The van der Waals surface area contributed by atoms with E-state index >= 15 is 0 Å². The number of imide groups is 1. The second kappa shape index (κ2) is 10.4.